The number of fused-ring (bicyclic) bond motifs is 3. The van der Waals surface area contributed by atoms with E-state index in [1.54, 1.807) is 6.92 Å². The lowest BCUT2D eigenvalue weighted by atomic mass is 9.91. The number of rotatable bonds is 1. The van der Waals surface area contributed by atoms with Crippen LogP contribution in [0.3, 0.4) is 0 Å². The highest BCUT2D eigenvalue weighted by Gasteiger charge is 2.76. The first kappa shape index (κ1) is 12.6. The molecule has 2 atom stereocenters. The second-order valence-electron chi connectivity index (χ2n) is 5.11. The maximum absolute atomic E-state index is 12.8. The van der Waals surface area contributed by atoms with Gasteiger partial charge < -0.3 is 10.5 Å². The SMILES string of the molecule is CC12CC1(C(N)=O)c1cc(C(F)(F)F)c(Cl)cc1O2. The Labute approximate surface area is 111 Å². The molecule has 1 aliphatic heterocycles. The minimum atomic E-state index is -4.58. The van der Waals surface area contributed by atoms with E-state index in [9.17, 15) is 18.0 Å². The van der Waals surface area contributed by atoms with Crippen LogP contribution in [0, 0.1) is 0 Å². The molecule has 1 heterocycles. The summed E-state index contributed by atoms with van der Waals surface area (Å²) in [5.74, 6) is -0.477. The Hall–Kier alpha value is -1.43. The monoisotopic (exact) mass is 291 g/mol. The van der Waals surface area contributed by atoms with Gasteiger partial charge in [0.2, 0.25) is 5.91 Å². The van der Waals surface area contributed by atoms with Crippen LogP contribution in [0.25, 0.3) is 0 Å². The molecule has 0 spiro atoms. The van der Waals surface area contributed by atoms with Gasteiger partial charge in [-0.3, -0.25) is 4.79 Å². The normalized spacial score (nSPS) is 31.4. The molecule has 1 aromatic carbocycles. The van der Waals surface area contributed by atoms with Crippen molar-refractivity contribution in [2.24, 2.45) is 5.73 Å². The fourth-order valence-corrected chi connectivity index (χ4v) is 3.14. The van der Waals surface area contributed by atoms with E-state index in [-0.39, 0.29) is 11.3 Å². The van der Waals surface area contributed by atoms with Gasteiger partial charge in [0.15, 0.2) is 0 Å². The molecule has 1 aromatic rings. The van der Waals surface area contributed by atoms with Crippen LogP contribution < -0.4 is 10.5 Å². The standard InChI is InChI=1S/C12H9ClF3NO2/c1-10-4-11(10,9(17)18)6-2-5(12(14,15)16)7(13)3-8(6)19-10/h2-3H,4H2,1H3,(H2,17,18). The van der Waals surface area contributed by atoms with E-state index in [4.69, 9.17) is 22.1 Å². The number of primary amides is 1. The number of carbonyl (C=O) groups is 1. The molecule has 1 saturated carbocycles. The molecule has 2 aliphatic rings. The fourth-order valence-electron chi connectivity index (χ4n) is 2.88. The van der Waals surface area contributed by atoms with Gasteiger partial charge in [0.25, 0.3) is 0 Å². The lowest BCUT2D eigenvalue weighted by Crippen LogP contribution is -2.34. The summed E-state index contributed by atoms with van der Waals surface area (Å²) in [6.45, 7) is 1.65. The molecule has 19 heavy (non-hydrogen) atoms. The molecule has 102 valence electrons. The Kier molecular flexibility index (Phi) is 2.10. The molecule has 1 aliphatic carbocycles. The summed E-state index contributed by atoms with van der Waals surface area (Å²) < 4.78 is 44.0. The lowest BCUT2D eigenvalue weighted by molar-refractivity contribution is -0.137. The molecule has 1 amide bonds. The van der Waals surface area contributed by atoms with Crippen molar-refractivity contribution in [2.75, 3.05) is 0 Å². The van der Waals surface area contributed by atoms with Gasteiger partial charge in [0.05, 0.1) is 10.6 Å². The summed E-state index contributed by atoms with van der Waals surface area (Å²) in [6, 6.07) is 1.97. The van der Waals surface area contributed by atoms with E-state index >= 15 is 0 Å². The number of carbonyl (C=O) groups excluding carboxylic acids is 1. The molecular weight excluding hydrogens is 283 g/mol. The van der Waals surface area contributed by atoms with Gasteiger partial charge in [0, 0.05) is 12.0 Å². The molecule has 2 N–H and O–H groups in total. The van der Waals surface area contributed by atoms with E-state index in [1.807, 2.05) is 0 Å². The van der Waals surface area contributed by atoms with Gasteiger partial charge in [-0.15, -0.1) is 0 Å². The van der Waals surface area contributed by atoms with E-state index in [0.29, 0.717) is 6.42 Å². The Bertz CT molecular complexity index is 616. The van der Waals surface area contributed by atoms with Crippen molar-refractivity contribution in [3.63, 3.8) is 0 Å². The topological polar surface area (TPSA) is 52.3 Å². The largest absolute Gasteiger partial charge is 0.486 e. The van der Waals surface area contributed by atoms with Crippen LogP contribution in [0.15, 0.2) is 12.1 Å². The maximum Gasteiger partial charge on any atom is 0.417 e. The second kappa shape index (κ2) is 3.17. The van der Waals surface area contributed by atoms with Gasteiger partial charge >= 0.3 is 6.18 Å². The zero-order chi connectivity index (χ0) is 14.2. The molecule has 0 saturated heterocycles. The molecule has 1 fully saturated rings. The van der Waals surface area contributed by atoms with Gasteiger partial charge in [-0.05, 0) is 19.1 Å². The maximum atomic E-state index is 12.8. The zero-order valence-electron chi connectivity index (χ0n) is 9.77. The number of amides is 1. The summed E-state index contributed by atoms with van der Waals surface area (Å²) in [7, 11) is 0. The van der Waals surface area contributed by atoms with Crippen molar-refractivity contribution < 1.29 is 22.7 Å². The van der Waals surface area contributed by atoms with Crippen LogP contribution in [0.5, 0.6) is 5.75 Å². The van der Waals surface area contributed by atoms with E-state index < -0.39 is 33.7 Å². The Morgan fingerprint density at radius 1 is 1.47 bits per heavy atom. The summed E-state index contributed by atoms with van der Waals surface area (Å²) in [6.07, 6.45) is -4.29. The number of benzene rings is 1. The van der Waals surface area contributed by atoms with Crippen molar-refractivity contribution in [3.05, 3.63) is 28.3 Å². The van der Waals surface area contributed by atoms with Crippen molar-refractivity contribution in [1.82, 2.24) is 0 Å². The summed E-state index contributed by atoms with van der Waals surface area (Å²) in [5.41, 5.74) is 2.53. The highest BCUT2D eigenvalue weighted by atomic mass is 35.5. The van der Waals surface area contributed by atoms with Crippen LogP contribution >= 0.6 is 11.6 Å². The van der Waals surface area contributed by atoms with Gasteiger partial charge in [-0.25, -0.2) is 0 Å². The van der Waals surface area contributed by atoms with Gasteiger partial charge in [-0.2, -0.15) is 13.2 Å². The number of nitrogens with two attached hydrogens (primary N) is 1. The lowest BCUT2D eigenvalue weighted by Gasteiger charge is -2.14. The third-order valence-electron chi connectivity index (χ3n) is 3.97. The molecular formula is C12H9ClF3NO2. The van der Waals surface area contributed by atoms with E-state index in [1.165, 1.54) is 0 Å². The quantitative estimate of drug-likeness (QED) is 0.865. The Morgan fingerprint density at radius 2 is 2.11 bits per heavy atom. The molecule has 3 rings (SSSR count). The van der Waals surface area contributed by atoms with Crippen LogP contribution in [-0.4, -0.2) is 11.5 Å². The van der Waals surface area contributed by atoms with Crippen LogP contribution in [0.4, 0.5) is 13.2 Å². The summed E-state index contributed by atoms with van der Waals surface area (Å²) >= 11 is 5.61. The molecule has 2 unspecified atom stereocenters. The van der Waals surface area contributed by atoms with E-state index in [0.717, 1.165) is 12.1 Å². The van der Waals surface area contributed by atoms with Crippen LogP contribution in [0.2, 0.25) is 5.02 Å². The van der Waals surface area contributed by atoms with Crippen molar-refractivity contribution in [1.29, 1.82) is 0 Å². The Balaban J connectivity index is 2.22. The number of ether oxygens (including phenoxy) is 1. The van der Waals surface area contributed by atoms with E-state index in [2.05, 4.69) is 0 Å². The molecule has 0 radical (unpaired) electrons. The predicted molar refractivity (Wildman–Crippen MR) is 61.0 cm³/mol. The zero-order valence-corrected chi connectivity index (χ0v) is 10.5. The average molecular weight is 292 g/mol. The molecule has 3 nitrogen and oxygen atoms in total. The summed E-state index contributed by atoms with van der Waals surface area (Å²) in [4.78, 5) is 11.6. The van der Waals surface area contributed by atoms with Gasteiger partial charge in [-0.1, -0.05) is 11.6 Å². The first-order chi connectivity index (χ1) is 8.62. The van der Waals surface area contributed by atoms with Crippen LogP contribution in [0.1, 0.15) is 24.5 Å². The predicted octanol–water partition coefficient (Wildman–Crippen LogP) is 2.64. The van der Waals surface area contributed by atoms with Crippen molar-refractivity contribution in [3.8, 4) is 5.75 Å². The minimum Gasteiger partial charge on any atom is -0.486 e. The third-order valence-corrected chi connectivity index (χ3v) is 4.28. The second-order valence-corrected chi connectivity index (χ2v) is 5.51. The average Bonchev–Trinajstić information content (AvgIpc) is 2.76. The first-order valence-electron chi connectivity index (χ1n) is 5.52. The summed E-state index contributed by atoms with van der Waals surface area (Å²) in [5, 5.41) is -0.448. The number of hydrogen-bond acceptors (Lipinski definition) is 2. The fraction of sp³-hybridized carbons (Fsp3) is 0.417. The molecule has 0 aromatic heterocycles. The number of halogens is 4. The molecule has 0 bridgehead atoms. The molecule has 7 heteroatoms. The minimum absolute atomic E-state index is 0.180. The number of hydrogen-bond donors (Lipinski definition) is 1. The van der Waals surface area contributed by atoms with Crippen molar-refractivity contribution in [2.45, 2.75) is 30.5 Å². The highest BCUT2D eigenvalue weighted by Crippen LogP contribution is 2.67. The van der Waals surface area contributed by atoms with Gasteiger partial charge in [0.1, 0.15) is 16.8 Å². The van der Waals surface area contributed by atoms with Crippen LogP contribution in [-0.2, 0) is 16.4 Å². The highest BCUT2D eigenvalue weighted by molar-refractivity contribution is 6.31. The Morgan fingerprint density at radius 3 is 2.63 bits per heavy atom. The van der Waals surface area contributed by atoms with Crippen molar-refractivity contribution >= 4 is 17.5 Å². The first-order valence-corrected chi connectivity index (χ1v) is 5.90. The smallest absolute Gasteiger partial charge is 0.417 e. The number of alkyl halides is 3. The third kappa shape index (κ3) is 1.38.